The molecule has 0 saturated heterocycles. The van der Waals surface area contributed by atoms with Gasteiger partial charge >= 0.3 is 0 Å². The van der Waals surface area contributed by atoms with Gasteiger partial charge in [-0.1, -0.05) is 0 Å². The fourth-order valence-corrected chi connectivity index (χ4v) is 0.665. The molecule has 4 heteroatoms. The maximum atomic E-state index is 11.2. The average molecular weight is 195 g/mol. The van der Waals surface area contributed by atoms with E-state index < -0.39 is 0 Å². The molecule has 3 nitrogen and oxygen atoms in total. The Morgan fingerprint density at radius 2 is 1.83 bits per heavy atom. The van der Waals surface area contributed by atoms with Crippen LogP contribution in [0.3, 0.4) is 0 Å². The molecule has 0 spiro atoms. The number of halogens is 1. The van der Waals surface area contributed by atoms with Crippen molar-refractivity contribution in [3.05, 3.63) is 0 Å². The first-order valence-electron chi connectivity index (χ1n) is 3.86. The molecule has 0 aromatic heterocycles. The topological polar surface area (TPSA) is 46.3 Å². The van der Waals surface area contributed by atoms with Gasteiger partial charge in [-0.05, 0) is 20.8 Å². The van der Waals surface area contributed by atoms with Crippen molar-refractivity contribution in [2.75, 3.05) is 13.6 Å². The van der Waals surface area contributed by atoms with E-state index in [1.807, 2.05) is 20.8 Å². The highest BCUT2D eigenvalue weighted by Gasteiger charge is 2.20. The van der Waals surface area contributed by atoms with Gasteiger partial charge in [0.05, 0.1) is 0 Å². The van der Waals surface area contributed by atoms with E-state index in [0.29, 0.717) is 13.0 Å². The predicted molar refractivity (Wildman–Crippen MR) is 53.4 cm³/mol. The Hall–Kier alpha value is -0.280. The van der Waals surface area contributed by atoms with Crippen molar-refractivity contribution in [2.24, 2.45) is 5.73 Å². The van der Waals surface area contributed by atoms with E-state index in [2.05, 4.69) is 0 Å². The zero-order chi connectivity index (χ0) is 9.07. The fraction of sp³-hybridized carbons (Fsp3) is 0.875. The monoisotopic (exact) mass is 194 g/mol. The molecule has 0 aromatic rings. The molecule has 0 heterocycles. The first kappa shape index (κ1) is 14.3. The van der Waals surface area contributed by atoms with Gasteiger partial charge in [0, 0.05) is 25.6 Å². The molecule has 0 aliphatic rings. The van der Waals surface area contributed by atoms with Crippen molar-refractivity contribution >= 4 is 18.3 Å². The quantitative estimate of drug-likeness (QED) is 0.714. The largest absolute Gasteiger partial charge is 0.341 e. The molecule has 0 saturated carbocycles. The van der Waals surface area contributed by atoms with E-state index in [1.54, 1.807) is 11.9 Å². The molecule has 0 aliphatic heterocycles. The molecular weight excluding hydrogens is 176 g/mol. The van der Waals surface area contributed by atoms with Crippen molar-refractivity contribution < 1.29 is 4.79 Å². The molecule has 0 atom stereocenters. The van der Waals surface area contributed by atoms with Crippen LogP contribution in [0.25, 0.3) is 0 Å². The van der Waals surface area contributed by atoms with E-state index in [-0.39, 0.29) is 23.9 Å². The zero-order valence-corrected chi connectivity index (χ0v) is 9.07. The minimum Gasteiger partial charge on any atom is -0.341 e. The van der Waals surface area contributed by atoms with E-state index in [9.17, 15) is 4.79 Å². The number of nitrogens with zero attached hydrogens (tertiary/aromatic N) is 1. The predicted octanol–water partition coefficient (Wildman–Crippen LogP) is 1.01. The summed E-state index contributed by atoms with van der Waals surface area (Å²) in [4.78, 5) is 13.0. The summed E-state index contributed by atoms with van der Waals surface area (Å²) in [7, 11) is 1.80. The number of rotatable bonds is 2. The van der Waals surface area contributed by atoms with Crippen LogP contribution in [0.2, 0.25) is 0 Å². The summed E-state index contributed by atoms with van der Waals surface area (Å²) >= 11 is 0. The summed E-state index contributed by atoms with van der Waals surface area (Å²) in [6, 6.07) is 0. The van der Waals surface area contributed by atoms with E-state index in [0.717, 1.165) is 0 Å². The van der Waals surface area contributed by atoms with Crippen molar-refractivity contribution in [1.29, 1.82) is 0 Å². The van der Waals surface area contributed by atoms with Gasteiger partial charge in [0.2, 0.25) is 5.91 Å². The molecular formula is C8H19ClN2O. The van der Waals surface area contributed by atoms with Gasteiger partial charge in [-0.2, -0.15) is 0 Å². The summed E-state index contributed by atoms with van der Waals surface area (Å²) in [5, 5.41) is 0. The van der Waals surface area contributed by atoms with Crippen LogP contribution in [0.5, 0.6) is 0 Å². The average Bonchev–Trinajstić information content (AvgIpc) is 1.85. The number of carbonyl (C=O) groups is 1. The minimum absolute atomic E-state index is 0. The van der Waals surface area contributed by atoms with Crippen LogP contribution in [-0.2, 0) is 4.79 Å². The molecule has 2 N–H and O–H groups in total. The lowest BCUT2D eigenvalue weighted by molar-refractivity contribution is -0.133. The second kappa shape index (κ2) is 5.38. The van der Waals surface area contributed by atoms with Crippen LogP contribution < -0.4 is 5.73 Å². The van der Waals surface area contributed by atoms with Crippen LogP contribution in [0.1, 0.15) is 27.2 Å². The van der Waals surface area contributed by atoms with Crippen molar-refractivity contribution in [1.82, 2.24) is 4.90 Å². The van der Waals surface area contributed by atoms with Crippen molar-refractivity contribution in [2.45, 2.75) is 32.7 Å². The Morgan fingerprint density at radius 3 is 2.08 bits per heavy atom. The van der Waals surface area contributed by atoms with Crippen LogP contribution in [-0.4, -0.2) is 29.9 Å². The van der Waals surface area contributed by atoms with E-state index in [1.165, 1.54) is 0 Å². The normalized spacial score (nSPS) is 10.4. The lowest BCUT2D eigenvalue weighted by Crippen LogP contribution is -2.43. The maximum absolute atomic E-state index is 11.2. The van der Waals surface area contributed by atoms with Crippen molar-refractivity contribution in [3.63, 3.8) is 0 Å². The highest BCUT2D eigenvalue weighted by molar-refractivity contribution is 5.85. The van der Waals surface area contributed by atoms with Crippen LogP contribution >= 0.6 is 12.4 Å². The number of hydrogen-bond donors (Lipinski definition) is 1. The summed E-state index contributed by atoms with van der Waals surface area (Å²) < 4.78 is 0. The van der Waals surface area contributed by atoms with Crippen molar-refractivity contribution in [3.8, 4) is 0 Å². The fourth-order valence-electron chi connectivity index (χ4n) is 0.665. The Morgan fingerprint density at radius 1 is 1.42 bits per heavy atom. The van der Waals surface area contributed by atoms with Gasteiger partial charge < -0.3 is 10.6 Å². The Bertz CT molecular complexity index is 142. The van der Waals surface area contributed by atoms with E-state index >= 15 is 0 Å². The molecule has 0 aromatic carbocycles. The first-order valence-corrected chi connectivity index (χ1v) is 3.86. The molecule has 0 rings (SSSR count). The summed E-state index contributed by atoms with van der Waals surface area (Å²) in [5.74, 6) is 0.111. The standard InChI is InChI=1S/C8H18N2O.ClH/c1-8(2,3)10(4)7(11)5-6-9;/h5-6,9H2,1-4H3;1H. The van der Waals surface area contributed by atoms with E-state index in [4.69, 9.17) is 5.73 Å². The number of carbonyl (C=O) groups excluding carboxylic acids is 1. The summed E-state index contributed by atoms with van der Waals surface area (Å²) in [6.45, 7) is 6.43. The molecule has 0 unspecified atom stereocenters. The van der Waals surface area contributed by atoms with Gasteiger partial charge in [0.15, 0.2) is 0 Å². The molecule has 0 aliphatic carbocycles. The number of amides is 1. The van der Waals surface area contributed by atoms with Gasteiger partial charge in [0.25, 0.3) is 0 Å². The second-order valence-electron chi connectivity index (χ2n) is 3.66. The number of nitrogens with two attached hydrogens (primary N) is 1. The summed E-state index contributed by atoms with van der Waals surface area (Å²) in [6.07, 6.45) is 0.438. The highest BCUT2D eigenvalue weighted by atomic mass is 35.5. The second-order valence-corrected chi connectivity index (χ2v) is 3.66. The molecule has 74 valence electrons. The Balaban J connectivity index is 0. The minimum atomic E-state index is -0.0910. The smallest absolute Gasteiger partial charge is 0.224 e. The third kappa shape index (κ3) is 4.57. The lowest BCUT2D eigenvalue weighted by Gasteiger charge is -2.31. The molecule has 12 heavy (non-hydrogen) atoms. The summed E-state index contributed by atoms with van der Waals surface area (Å²) in [5.41, 5.74) is 5.17. The van der Waals surface area contributed by atoms with Crippen LogP contribution in [0.4, 0.5) is 0 Å². The molecule has 0 radical (unpaired) electrons. The van der Waals surface area contributed by atoms with Gasteiger partial charge in [-0.3, -0.25) is 4.79 Å². The SMILES string of the molecule is CN(C(=O)CCN)C(C)(C)C.Cl. The van der Waals surface area contributed by atoms with Gasteiger partial charge in [-0.15, -0.1) is 12.4 Å². The molecule has 0 fully saturated rings. The third-order valence-electron chi connectivity index (χ3n) is 1.74. The lowest BCUT2D eigenvalue weighted by atomic mass is 10.1. The Labute approximate surface area is 80.7 Å². The maximum Gasteiger partial charge on any atom is 0.224 e. The highest BCUT2D eigenvalue weighted by Crippen LogP contribution is 2.10. The molecule has 1 amide bonds. The van der Waals surface area contributed by atoms with Crippen LogP contribution in [0, 0.1) is 0 Å². The number of hydrogen-bond acceptors (Lipinski definition) is 2. The third-order valence-corrected chi connectivity index (χ3v) is 1.74. The zero-order valence-electron chi connectivity index (χ0n) is 8.26. The molecule has 0 bridgehead atoms. The van der Waals surface area contributed by atoms with Gasteiger partial charge in [-0.25, -0.2) is 0 Å². The first-order chi connectivity index (χ1) is 4.89. The van der Waals surface area contributed by atoms with Gasteiger partial charge in [0.1, 0.15) is 0 Å². The van der Waals surface area contributed by atoms with Crippen LogP contribution in [0.15, 0.2) is 0 Å². The Kier molecular flexibility index (Phi) is 6.39.